The highest BCUT2D eigenvalue weighted by molar-refractivity contribution is 7.85. The zero-order chi connectivity index (χ0) is 28.1. The smallest absolute Gasteiger partial charge is 0.311 e. The minimum absolute atomic E-state index is 0.0109. The van der Waals surface area contributed by atoms with Gasteiger partial charge in [0.15, 0.2) is 11.6 Å². The lowest BCUT2D eigenvalue weighted by Gasteiger charge is -2.45. The summed E-state index contributed by atoms with van der Waals surface area (Å²) in [5, 5.41) is 0. The molecule has 0 aromatic heterocycles. The lowest BCUT2D eigenvalue weighted by Crippen LogP contribution is -2.35. The fourth-order valence-corrected chi connectivity index (χ4v) is 6.08. The summed E-state index contributed by atoms with van der Waals surface area (Å²) in [6.45, 7) is 0.0581. The van der Waals surface area contributed by atoms with Gasteiger partial charge in [0, 0.05) is 17.8 Å². The van der Waals surface area contributed by atoms with E-state index in [0.29, 0.717) is 0 Å². The van der Waals surface area contributed by atoms with Crippen LogP contribution in [0.4, 0.5) is 17.6 Å². The first-order valence-corrected chi connectivity index (χ1v) is 13.3. The summed E-state index contributed by atoms with van der Waals surface area (Å²) >= 11 is 0. The molecular weight excluding hydrogens is 544 g/mol. The van der Waals surface area contributed by atoms with Gasteiger partial charge in [0.25, 0.3) is 0 Å². The van der Waals surface area contributed by atoms with Crippen molar-refractivity contribution in [3.8, 4) is 5.75 Å². The zero-order valence-corrected chi connectivity index (χ0v) is 20.8. The van der Waals surface area contributed by atoms with Crippen molar-refractivity contribution in [3.63, 3.8) is 0 Å². The molecule has 204 valence electrons. The lowest BCUT2D eigenvalue weighted by molar-refractivity contribution is -0.148. The predicted molar refractivity (Wildman–Crippen MR) is 125 cm³/mol. The van der Waals surface area contributed by atoms with Crippen molar-refractivity contribution < 1.29 is 49.6 Å². The second kappa shape index (κ2) is 10.1. The maximum absolute atomic E-state index is 14.1. The molecule has 1 atom stereocenters. The van der Waals surface area contributed by atoms with Crippen LogP contribution in [0.15, 0.2) is 53.4 Å². The fraction of sp³-hybridized carbons (Fsp3) is 0.259. The normalized spacial score (nSPS) is 19.3. The number of carbonyl (C=O) groups is 2. The number of hydrogen-bond donors (Lipinski definition) is 0. The summed E-state index contributed by atoms with van der Waals surface area (Å²) in [6.07, 6.45) is -0.572. The molecule has 3 aliphatic carbocycles. The maximum Gasteiger partial charge on any atom is 0.311 e. The zero-order valence-electron chi connectivity index (χ0n) is 20.0. The van der Waals surface area contributed by atoms with E-state index < -0.39 is 68.8 Å². The van der Waals surface area contributed by atoms with Crippen LogP contribution in [0.2, 0.25) is 0 Å². The fourth-order valence-electron chi connectivity index (χ4n) is 5.46. The molecule has 3 aromatic rings. The van der Waals surface area contributed by atoms with Crippen LogP contribution in [0.5, 0.6) is 5.75 Å². The van der Waals surface area contributed by atoms with E-state index in [1.54, 1.807) is 0 Å². The molecule has 0 spiro atoms. The summed E-state index contributed by atoms with van der Waals surface area (Å²) in [5.74, 6) is -13.8. The first-order valence-electron chi connectivity index (χ1n) is 11.8. The van der Waals surface area contributed by atoms with Crippen LogP contribution >= 0.6 is 0 Å². The summed E-state index contributed by atoms with van der Waals surface area (Å²) in [7, 11) is -5.91. The highest BCUT2D eigenvalue weighted by Gasteiger charge is 2.43. The molecule has 0 N–H and O–H groups in total. The molecule has 0 fully saturated rings. The molecule has 6 rings (SSSR count). The van der Waals surface area contributed by atoms with Crippen molar-refractivity contribution in [2.45, 2.75) is 36.0 Å². The minimum Gasteiger partial charge on any atom is -0.744 e. The second-order valence-corrected chi connectivity index (χ2v) is 10.6. The summed E-state index contributed by atoms with van der Waals surface area (Å²) < 4.78 is 98.2. The van der Waals surface area contributed by atoms with Gasteiger partial charge in [0.1, 0.15) is 15.0 Å². The molecule has 2 bridgehead atoms. The van der Waals surface area contributed by atoms with Crippen molar-refractivity contribution in [2.24, 2.45) is 5.92 Å². The van der Waals surface area contributed by atoms with Gasteiger partial charge in [0.2, 0.25) is 17.4 Å². The Morgan fingerprint density at radius 1 is 0.795 bits per heavy atom. The number of halogens is 4. The Hall–Kier alpha value is -3.77. The largest absolute Gasteiger partial charge is 0.744 e. The Labute approximate surface area is 220 Å². The van der Waals surface area contributed by atoms with E-state index in [4.69, 9.17) is 4.74 Å². The lowest BCUT2D eigenvalue weighted by atomic mass is 9.59. The SMILES string of the molecule is O=C(CCC(=O)Oc1c(F)c(F)c(S(=O)(=O)[O-])c(F)c1F)OCC1CC2c3ccccc3C1c1ccccc12. The Balaban J connectivity index is 1.22. The van der Waals surface area contributed by atoms with Gasteiger partial charge in [0.05, 0.1) is 19.4 Å². The molecule has 0 heterocycles. The van der Waals surface area contributed by atoms with Gasteiger partial charge in [-0.15, -0.1) is 0 Å². The number of hydrogen-bond acceptors (Lipinski definition) is 7. The Morgan fingerprint density at radius 3 is 1.79 bits per heavy atom. The highest BCUT2D eigenvalue weighted by atomic mass is 32.2. The highest BCUT2D eigenvalue weighted by Crippen LogP contribution is 2.55. The van der Waals surface area contributed by atoms with E-state index in [9.17, 15) is 40.1 Å². The molecule has 7 nitrogen and oxygen atoms in total. The number of ether oxygens (including phenoxy) is 2. The van der Waals surface area contributed by atoms with E-state index in [-0.39, 0.29) is 24.4 Å². The quantitative estimate of drug-likeness (QED) is 0.135. The average Bonchev–Trinajstić information content (AvgIpc) is 2.91. The molecule has 0 radical (unpaired) electrons. The van der Waals surface area contributed by atoms with Gasteiger partial charge in [-0.3, -0.25) is 9.59 Å². The summed E-state index contributed by atoms with van der Waals surface area (Å²) in [5.41, 5.74) is 4.80. The number of rotatable bonds is 7. The van der Waals surface area contributed by atoms with Crippen LogP contribution in [0.1, 0.15) is 53.4 Å². The van der Waals surface area contributed by atoms with Crippen molar-refractivity contribution >= 4 is 22.1 Å². The first kappa shape index (κ1) is 26.8. The molecule has 12 heteroatoms. The van der Waals surface area contributed by atoms with E-state index in [0.717, 1.165) is 17.5 Å². The van der Waals surface area contributed by atoms with Crippen molar-refractivity contribution in [1.82, 2.24) is 0 Å². The Kier molecular flexibility index (Phi) is 6.93. The third kappa shape index (κ3) is 4.78. The molecule has 39 heavy (non-hydrogen) atoms. The molecule has 0 saturated heterocycles. The van der Waals surface area contributed by atoms with Crippen LogP contribution < -0.4 is 4.74 Å². The van der Waals surface area contributed by atoms with Crippen LogP contribution in [0, 0.1) is 29.2 Å². The number of fused-ring (bicyclic) bond motifs is 1. The van der Waals surface area contributed by atoms with E-state index in [1.807, 2.05) is 24.3 Å². The van der Waals surface area contributed by atoms with Gasteiger partial charge in [-0.05, 0) is 28.7 Å². The molecule has 0 amide bonds. The van der Waals surface area contributed by atoms with Gasteiger partial charge < -0.3 is 14.0 Å². The predicted octanol–water partition coefficient (Wildman–Crippen LogP) is 4.67. The van der Waals surface area contributed by atoms with Gasteiger partial charge in [-0.2, -0.15) is 8.78 Å². The number of carbonyl (C=O) groups excluding carboxylic acids is 2. The van der Waals surface area contributed by atoms with Gasteiger partial charge >= 0.3 is 11.9 Å². The first-order chi connectivity index (χ1) is 18.5. The van der Waals surface area contributed by atoms with Crippen LogP contribution in [-0.4, -0.2) is 31.5 Å². The van der Waals surface area contributed by atoms with E-state index in [2.05, 4.69) is 29.0 Å². The second-order valence-electron chi connectivity index (χ2n) is 9.31. The van der Waals surface area contributed by atoms with Crippen LogP contribution in [-0.2, 0) is 24.4 Å². The van der Waals surface area contributed by atoms with Crippen molar-refractivity contribution in [1.29, 1.82) is 0 Å². The third-order valence-electron chi connectivity index (χ3n) is 7.06. The topological polar surface area (TPSA) is 110 Å². The number of benzene rings is 3. The molecular formula is C27H19F4O7S-. The minimum atomic E-state index is -5.91. The average molecular weight is 564 g/mol. The van der Waals surface area contributed by atoms with Gasteiger partial charge in [-0.25, -0.2) is 17.2 Å². The number of esters is 2. The molecule has 0 aliphatic heterocycles. The van der Waals surface area contributed by atoms with E-state index >= 15 is 0 Å². The van der Waals surface area contributed by atoms with Crippen LogP contribution in [0.3, 0.4) is 0 Å². The molecule has 1 unspecified atom stereocenters. The van der Waals surface area contributed by atoms with Crippen LogP contribution in [0.25, 0.3) is 0 Å². The maximum atomic E-state index is 14.1. The molecule has 3 aliphatic rings. The monoisotopic (exact) mass is 563 g/mol. The Morgan fingerprint density at radius 2 is 1.28 bits per heavy atom. The van der Waals surface area contributed by atoms with Crippen molar-refractivity contribution in [3.05, 3.63) is 94.1 Å². The van der Waals surface area contributed by atoms with Gasteiger partial charge in [-0.1, -0.05) is 48.5 Å². The van der Waals surface area contributed by atoms with Crippen molar-refractivity contribution in [2.75, 3.05) is 6.61 Å². The Bertz CT molecular complexity index is 1530. The standard InChI is InChI=1S/C27H20F4O7S/c28-22-24(30)27(39(34,35)36)25(31)23(29)26(22)38-20(33)10-9-19(32)37-12-13-11-18-14-5-1-3-7-16(14)21(13)17-8-4-2-6-15(17)18/h1-8,13,18,21H,9-12H2,(H,34,35,36)/p-1. The third-order valence-corrected chi connectivity index (χ3v) is 7.92. The molecule has 0 saturated carbocycles. The molecule has 3 aromatic carbocycles. The van der Waals surface area contributed by atoms with E-state index in [1.165, 1.54) is 11.1 Å². The summed E-state index contributed by atoms with van der Waals surface area (Å²) in [4.78, 5) is 22.0. The summed E-state index contributed by atoms with van der Waals surface area (Å²) in [6, 6.07) is 16.2.